The van der Waals surface area contributed by atoms with Crippen LogP contribution in [0.4, 0.5) is 0 Å². The van der Waals surface area contributed by atoms with E-state index in [4.69, 9.17) is 27.9 Å². The molecule has 0 aromatic heterocycles. The van der Waals surface area contributed by atoms with Crippen molar-refractivity contribution in [2.45, 2.75) is 32.9 Å². The van der Waals surface area contributed by atoms with Gasteiger partial charge in [0.1, 0.15) is 11.8 Å². The molecule has 178 valence electrons. The van der Waals surface area contributed by atoms with Gasteiger partial charge in [-0.25, -0.2) is 0 Å². The van der Waals surface area contributed by atoms with Gasteiger partial charge in [-0.2, -0.15) is 0 Å². The number of ether oxygens (including phenoxy) is 1. The molecule has 1 N–H and O–H groups in total. The summed E-state index contributed by atoms with van der Waals surface area (Å²) >= 11 is 12.3. The lowest BCUT2D eigenvalue weighted by Crippen LogP contribution is -2.51. The molecule has 0 spiro atoms. The summed E-state index contributed by atoms with van der Waals surface area (Å²) in [4.78, 5) is 28.0. The van der Waals surface area contributed by atoms with Crippen molar-refractivity contribution in [1.82, 2.24) is 10.2 Å². The molecule has 0 heterocycles. The smallest absolute Gasteiger partial charge is 0.261 e. The third-order valence-electron chi connectivity index (χ3n) is 5.76. The largest absolute Gasteiger partial charge is 0.483 e. The van der Waals surface area contributed by atoms with Crippen molar-refractivity contribution in [1.29, 1.82) is 0 Å². The van der Waals surface area contributed by atoms with E-state index in [2.05, 4.69) is 5.32 Å². The highest BCUT2D eigenvalue weighted by molar-refractivity contribution is 6.42. The van der Waals surface area contributed by atoms with Gasteiger partial charge in [-0.1, -0.05) is 71.7 Å². The predicted octanol–water partition coefficient (Wildman–Crippen LogP) is 5.38. The van der Waals surface area contributed by atoms with Crippen LogP contribution in [0.25, 0.3) is 0 Å². The first-order valence-corrected chi connectivity index (χ1v) is 11.7. The summed E-state index contributed by atoms with van der Waals surface area (Å²) < 4.78 is 5.88. The third-order valence-corrected chi connectivity index (χ3v) is 6.50. The molecule has 0 saturated heterocycles. The number of hydrogen-bond acceptors (Lipinski definition) is 3. The lowest BCUT2D eigenvalue weighted by atomic mass is 10.0. The molecular formula is C27H28Cl2N2O3. The van der Waals surface area contributed by atoms with Gasteiger partial charge < -0.3 is 15.0 Å². The van der Waals surface area contributed by atoms with E-state index in [1.807, 2.05) is 62.4 Å². The predicted molar refractivity (Wildman–Crippen MR) is 136 cm³/mol. The van der Waals surface area contributed by atoms with Crippen molar-refractivity contribution >= 4 is 35.0 Å². The molecule has 3 aromatic carbocycles. The second-order valence-electron chi connectivity index (χ2n) is 8.08. The minimum absolute atomic E-state index is 0.177. The molecule has 3 aromatic rings. The van der Waals surface area contributed by atoms with Gasteiger partial charge in [0.25, 0.3) is 5.91 Å². The molecule has 3 rings (SSSR count). The van der Waals surface area contributed by atoms with Crippen molar-refractivity contribution in [2.24, 2.45) is 0 Å². The standard InChI is InChI=1S/C27H28Cl2N2O3/c1-18-8-7-11-25(19(18)2)34-17-26(32)31(16-21-12-13-22(28)23(29)14-21)24(27(33)30-3)15-20-9-5-4-6-10-20/h4-14,24H,15-17H2,1-3H3,(H,30,33). The molecule has 5 nitrogen and oxygen atoms in total. The minimum Gasteiger partial charge on any atom is -0.483 e. The molecule has 0 aliphatic rings. The van der Waals surface area contributed by atoms with E-state index in [0.29, 0.717) is 22.2 Å². The zero-order valence-corrected chi connectivity index (χ0v) is 21.0. The molecule has 0 aliphatic heterocycles. The van der Waals surface area contributed by atoms with E-state index in [0.717, 1.165) is 22.3 Å². The van der Waals surface area contributed by atoms with Crippen LogP contribution in [0.1, 0.15) is 22.3 Å². The van der Waals surface area contributed by atoms with Crippen LogP contribution >= 0.6 is 23.2 Å². The maximum absolute atomic E-state index is 13.5. The van der Waals surface area contributed by atoms with E-state index in [-0.39, 0.29) is 25.0 Å². The van der Waals surface area contributed by atoms with Crippen molar-refractivity contribution < 1.29 is 14.3 Å². The molecule has 1 atom stereocenters. The number of nitrogens with one attached hydrogen (secondary N) is 1. The van der Waals surface area contributed by atoms with Crippen LogP contribution in [-0.4, -0.2) is 36.4 Å². The van der Waals surface area contributed by atoms with Crippen molar-refractivity contribution in [3.8, 4) is 5.75 Å². The summed E-state index contributed by atoms with van der Waals surface area (Å²) in [6, 6.07) is 19.7. The van der Waals surface area contributed by atoms with Crippen LogP contribution in [0.5, 0.6) is 5.75 Å². The van der Waals surface area contributed by atoms with Crippen LogP contribution in [0.15, 0.2) is 66.7 Å². The average molecular weight is 499 g/mol. The molecule has 0 bridgehead atoms. The second kappa shape index (κ2) is 11.9. The third kappa shape index (κ3) is 6.52. The molecule has 0 saturated carbocycles. The van der Waals surface area contributed by atoms with Gasteiger partial charge in [0.2, 0.25) is 5.91 Å². The van der Waals surface area contributed by atoms with E-state index in [9.17, 15) is 9.59 Å². The summed E-state index contributed by atoms with van der Waals surface area (Å²) in [5, 5.41) is 3.51. The van der Waals surface area contributed by atoms with Crippen LogP contribution in [0.3, 0.4) is 0 Å². The zero-order chi connectivity index (χ0) is 24.7. The Morgan fingerprint density at radius 3 is 2.35 bits per heavy atom. The van der Waals surface area contributed by atoms with Crippen LogP contribution in [-0.2, 0) is 22.6 Å². The molecule has 0 radical (unpaired) electrons. The second-order valence-corrected chi connectivity index (χ2v) is 8.89. The minimum atomic E-state index is -0.739. The highest BCUT2D eigenvalue weighted by atomic mass is 35.5. The van der Waals surface area contributed by atoms with E-state index >= 15 is 0 Å². The number of benzene rings is 3. The Morgan fingerprint density at radius 1 is 0.941 bits per heavy atom. The van der Waals surface area contributed by atoms with E-state index in [1.54, 1.807) is 25.2 Å². The van der Waals surface area contributed by atoms with Crippen molar-refractivity contribution in [3.63, 3.8) is 0 Å². The summed E-state index contributed by atoms with van der Waals surface area (Å²) in [5.41, 5.74) is 3.75. The number of aryl methyl sites for hydroxylation is 1. The highest BCUT2D eigenvalue weighted by Crippen LogP contribution is 2.25. The molecule has 2 amide bonds. The van der Waals surface area contributed by atoms with E-state index in [1.165, 1.54) is 4.90 Å². The summed E-state index contributed by atoms with van der Waals surface area (Å²) in [5.74, 6) is 0.0721. The Labute approximate surface area is 210 Å². The van der Waals surface area contributed by atoms with Gasteiger partial charge >= 0.3 is 0 Å². The first-order chi connectivity index (χ1) is 16.3. The quantitative estimate of drug-likeness (QED) is 0.431. The van der Waals surface area contributed by atoms with Gasteiger partial charge in [0.15, 0.2) is 6.61 Å². The van der Waals surface area contributed by atoms with Gasteiger partial charge in [0.05, 0.1) is 10.0 Å². The van der Waals surface area contributed by atoms with Gasteiger partial charge in [-0.05, 0) is 54.3 Å². The fourth-order valence-electron chi connectivity index (χ4n) is 3.66. The number of rotatable bonds is 9. The van der Waals surface area contributed by atoms with E-state index < -0.39 is 6.04 Å². The lowest BCUT2D eigenvalue weighted by Gasteiger charge is -2.31. The maximum atomic E-state index is 13.5. The first kappa shape index (κ1) is 25.6. The number of halogens is 2. The van der Waals surface area contributed by atoms with Crippen LogP contribution < -0.4 is 10.1 Å². The van der Waals surface area contributed by atoms with Crippen molar-refractivity contribution in [3.05, 3.63) is 99.0 Å². The van der Waals surface area contributed by atoms with Gasteiger partial charge in [-0.15, -0.1) is 0 Å². The Kier molecular flexibility index (Phi) is 8.97. The van der Waals surface area contributed by atoms with Crippen LogP contribution in [0.2, 0.25) is 10.0 Å². The Balaban J connectivity index is 1.91. The summed E-state index contributed by atoms with van der Waals surface area (Å²) in [6.07, 6.45) is 0.358. The normalized spacial score (nSPS) is 11.6. The number of amides is 2. The molecule has 1 unspecified atom stereocenters. The number of carbonyl (C=O) groups is 2. The fraction of sp³-hybridized carbons (Fsp3) is 0.259. The SMILES string of the molecule is CNC(=O)C(Cc1ccccc1)N(Cc1ccc(Cl)c(Cl)c1)C(=O)COc1cccc(C)c1C. The molecule has 34 heavy (non-hydrogen) atoms. The first-order valence-electron chi connectivity index (χ1n) is 11.0. The summed E-state index contributed by atoms with van der Waals surface area (Å²) in [6.45, 7) is 3.91. The van der Waals surface area contributed by atoms with Gasteiger partial charge in [-0.3, -0.25) is 9.59 Å². The molecule has 7 heteroatoms. The number of nitrogens with zero attached hydrogens (tertiary/aromatic N) is 1. The number of hydrogen-bond donors (Lipinski definition) is 1. The Bertz CT molecular complexity index is 1150. The van der Waals surface area contributed by atoms with Gasteiger partial charge in [0, 0.05) is 20.0 Å². The average Bonchev–Trinajstić information content (AvgIpc) is 2.84. The molecular weight excluding hydrogens is 471 g/mol. The Hall–Kier alpha value is -3.02. The number of carbonyl (C=O) groups excluding carboxylic acids is 2. The number of likely N-dealkylation sites (N-methyl/N-ethyl adjacent to an activating group) is 1. The monoisotopic (exact) mass is 498 g/mol. The highest BCUT2D eigenvalue weighted by Gasteiger charge is 2.30. The lowest BCUT2D eigenvalue weighted by molar-refractivity contribution is -0.142. The topological polar surface area (TPSA) is 58.6 Å². The molecule has 0 aliphatic carbocycles. The maximum Gasteiger partial charge on any atom is 0.261 e. The fourth-order valence-corrected chi connectivity index (χ4v) is 3.98. The summed E-state index contributed by atoms with van der Waals surface area (Å²) in [7, 11) is 1.56. The zero-order valence-electron chi connectivity index (χ0n) is 19.5. The molecule has 0 fully saturated rings. The van der Waals surface area contributed by atoms with Crippen molar-refractivity contribution in [2.75, 3.05) is 13.7 Å². The Morgan fingerprint density at radius 2 is 1.68 bits per heavy atom. The van der Waals surface area contributed by atoms with Crippen LogP contribution in [0, 0.1) is 13.8 Å².